The number of nitrogens with one attached hydrogen (secondary N) is 3. The first-order valence-electron chi connectivity index (χ1n) is 15.3. The SMILES string of the molecule is Cc1cccc(C)c1OCC(=O)NC(Cc1ccccc1)C(O)CC(Cc1ccccc1)NC(=O)C(C)N1CCCNC1=O. The Labute approximate surface area is 260 Å². The highest BCUT2D eigenvalue weighted by Gasteiger charge is 2.31. The van der Waals surface area contributed by atoms with E-state index in [-0.39, 0.29) is 30.9 Å². The van der Waals surface area contributed by atoms with Gasteiger partial charge in [0.2, 0.25) is 5.91 Å². The Morgan fingerprint density at radius 2 is 1.52 bits per heavy atom. The maximum Gasteiger partial charge on any atom is 0.318 e. The number of rotatable bonds is 14. The van der Waals surface area contributed by atoms with Crippen molar-refractivity contribution in [2.24, 2.45) is 0 Å². The standard InChI is InChI=1S/C35H44N4O5/c1-24-12-10-13-25(2)33(24)44-23-32(41)38-30(21-28-16-8-5-9-17-28)31(40)22-29(20-27-14-6-4-7-15-27)37-34(42)26(3)39-19-11-18-36-35(39)43/h4-10,12-17,26,29-31,40H,11,18-23H2,1-3H3,(H,36,43)(H,37,42)(H,38,41). The average molecular weight is 601 g/mol. The first-order valence-corrected chi connectivity index (χ1v) is 15.3. The van der Waals surface area contributed by atoms with Gasteiger partial charge in [-0.2, -0.15) is 0 Å². The summed E-state index contributed by atoms with van der Waals surface area (Å²) in [5.74, 6) is 0.0341. The van der Waals surface area contributed by atoms with E-state index in [1.165, 1.54) is 4.90 Å². The van der Waals surface area contributed by atoms with E-state index in [0.717, 1.165) is 28.7 Å². The molecule has 1 aliphatic heterocycles. The van der Waals surface area contributed by atoms with Gasteiger partial charge < -0.3 is 30.7 Å². The molecule has 0 aliphatic carbocycles. The summed E-state index contributed by atoms with van der Waals surface area (Å²) in [6, 6.07) is 23.2. The highest BCUT2D eigenvalue weighted by atomic mass is 16.5. The summed E-state index contributed by atoms with van der Waals surface area (Å²) >= 11 is 0. The zero-order chi connectivity index (χ0) is 31.5. The molecule has 234 valence electrons. The fourth-order valence-electron chi connectivity index (χ4n) is 5.59. The van der Waals surface area contributed by atoms with Crippen LogP contribution in [0.25, 0.3) is 0 Å². The number of nitrogens with zero attached hydrogens (tertiary/aromatic N) is 1. The molecular formula is C35H44N4O5. The predicted octanol–water partition coefficient (Wildman–Crippen LogP) is 3.69. The summed E-state index contributed by atoms with van der Waals surface area (Å²) in [5.41, 5.74) is 3.84. The normalized spacial score (nSPS) is 15.8. The van der Waals surface area contributed by atoms with Gasteiger partial charge >= 0.3 is 6.03 Å². The first kappa shape index (κ1) is 32.5. The maximum atomic E-state index is 13.4. The Balaban J connectivity index is 1.48. The zero-order valence-corrected chi connectivity index (χ0v) is 25.8. The quantitative estimate of drug-likeness (QED) is 0.225. The molecule has 1 heterocycles. The molecule has 1 aliphatic rings. The topological polar surface area (TPSA) is 120 Å². The van der Waals surface area contributed by atoms with Gasteiger partial charge in [0, 0.05) is 19.1 Å². The smallest absolute Gasteiger partial charge is 0.318 e. The van der Waals surface area contributed by atoms with Gasteiger partial charge in [0.15, 0.2) is 6.61 Å². The highest BCUT2D eigenvalue weighted by Crippen LogP contribution is 2.22. The predicted molar refractivity (Wildman–Crippen MR) is 170 cm³/mol. The number of urea groups is 1. The van der Waals surface area contributed by atoms with Gasteiger partial charge in [0.05, 0.1) is 12.1 Å². The fourth-order valence-corrected chi connectivity index (χ4v) is 5.59. The van der Waals surface area contributed by atoms with E-state index in [1.54, 1.807) is 6.92 Å². The Morgan fingerprint density at radius 1 is 0.909 bits per heavy atom. The van der Waals surface area contributed by atoms with Crippen LogP contribution in [0.1, 0.15) is 42.0 Å². The van der Waals surface area contributed by atoms with Crippen LogP contribution in [-0.4, -0.2) is 71.8 Å². The Hall–Kier alpha value is -4.37. The zero-order valence-electron chi connectivity index (χ0n) is 25.8. The molecule has 4 rings (SSSR count). The van der Waals surface area contributed by atoms with E-state index < -0.39 is 24.2 Å². The van der Waals surface area contributed by atoms with Gasteiger partial charge in [-0.15, -0.1) is 0 Å². The summed E-state index contributed by atoms with van der Waals surface area (Å²) in [4.78, 5) is 40.4. The van der Waals surface area contributed by atoms with Gasteiger partial charge in [-0.25, -0.2) is 4.79 Å². The minimum atomic E-state index is -0.984. The third kappa shape index (κ3) is 9.31. The summed E-state index contributed by atoms with van der Waals surface area (Å²) in [7, 11) is 0. The molecule has 44 heavy (non-hydrogen) atoms. The number of para-hydroxylation sites is 1. The number of ether oxygens (including phenoxy) is 1. The first-order chi connectivity index (χ1) is 21.2. The molecule has 1 saturated heterocycles. The Morgan fingerprint density at radius 3 is 2.14 bits per heavy atom. The van der Waals surface area contributed by atoms with Gasteiger partial charge in [-0.05, 0) is 68.7 Å². The summed E-state index contributed by atoms with van der Waals surface area (Å²) < 4.78 is 5.88. The van der Waals surface area contributed by atoms with Crippen molar-refractivity contribution in [3.8, 4) is 5.75 Å². The van der Waals surface area contributed by atoms with E-state index in [2.05, 4.69) is 16.0 Å². The van der Waals surface area contributed by atoms with Crippen LogP contribution in [0.15, 0.2) is 78.9 Å². The van der Waals surface area contributed by atoms with Crippen LogP contribution < -0.4 is 20.7 Å². The molecule has 3 aromatic carbocycles. The molecule has 4 atom stereocenters. The van der Waals surface area contributed by atoms with Crippen LogP contribution >= 0.6 is 0 Å². The number of aliphatic hydroxyl groups is 1. The lowest BCUT2D eigenvalue weighted by atomic mass is 9.93. The highest BCUT2D eigenvalue weighted by molar-refractivity contribution is 5.87. The van der Waals surface area contributed by atoms with Crippen LogP contribution in [0.4, 0.5) is 4.79 Å². The number of benzene rings is 3. The monoisotopic (exact) mass is 600 g/mol. The van der Waals surface area contributed by atoms with Gasteiger partial charge in [0.1, 0.15) is 11.8 Å². The lowest BCUT2D eigenvalue weighted by molar-refractivity contribution is -0.127. The van der Waals surface area contributed by atoms with Crippen molar-refractivity contribution in [2.45, 2.75) is 70.7 Å². The van der Waals surface area contributed by atoms with Crippen molar-refractivity contribution >= 4 is 17.8 Å². The Bertz CT molecular complexity index is 1360. The molecule has 0 radical (unpaired) electrons. The number of hydrogen-bond acceptors (Lipinski definition) is 5. The van der Waals surface area contributed by atoms with E-state index in [9.17, 15) is 19.5 Å². The molecule has 4 amide bonds. The van der Waals surface area contributed by atoms with Crippen LogP contribution in [0.3, 0.4) is 0 Å². The second-order valence-electron chi connectivity index (χ2n) is 11.5. The van der Waals surface area contributed by atoms with Crippen LogP contribution in [-0.2, 0) is 22.4 Å². The second kappa shape index (κ2) is 15.9. The fraction of sp³-hybridized carbons (Fsp3) is 0.400. The second-order valence-corrected chi connectivity index (χ2v) is 11.5. The van der Waals surface area contributed by atoms with Crippen LogP contribution in [0.5, 0.6) is 5.75 Å². The number of amides is 4. The number of hydrogen-bond donors (Lipinski definition) is 4. The molecule has 3 aromatic rings. The lowest BCUT2D eigenvalue weighted by Gasteiger charge is -2.34. The van der Waals surface area contributed by atoms with E-state index in [0.29, 0.717) is 31.7 Å². The van der Waals surface area contributed by atoms with Gasteiger partial charge in [0.25, 0.3) is 5.91 Å². The number of aryl methyl sites for hydroxylation is 2. The minimum Gasteiger partial charge on any atom is -0.483 e. The third-order valence-electron chi connectivity index (χ3n) is 8.02. The molecule has 9 nitrogen and oxygen atoms in total. The van der Waals surface area contributed by atoms with Crippen molar-refractivity contribution in [3.63, 3.8) is 0 Å². The molecule has 4 unspecified atom stereocenters. The lowest BCUT2D eigenvalue weighted by Crippen LogP contribution is -2.57. The average Bonchev–Trinajstić information content (AvgIpc) is 3.01. The van der Waals surface area contributed by atoms with Crippen molar-refractivity contribution < 1.29 is 24.2 Å². The molecule has 0 bridgehead atoms. The van der Waals surface area contributed by atoms with Crippen LogP contribution in [0, 0.1) is 13.8 Å². The largest absolute Gasteiger partial charge is 0.483 e. The van der Waals surface area contributed by atoms with E-state index >= 15 is 0 Å². The van der Waals surface area contributed by atoms with E-state index in [1.807, 2.05) is 92.7 Å². The molecule has 4 N–H and O–H groups in total. The number of aliphatic hydroxyl groups excluding tert-OH is 1. The van der Waals surface area contributed by atoms with Gasteiger partial charge in [-0.1, -0.05) is 78.9 Å². The maximum absolute atomic E-state index is 13.4. The van der Waals surface area contributed by atoms with Crippen LogP contribution in [0.2, 0.25) is 0 Å². The summed E-state index contributed by atoms with van der Waals surface area (Å²) in [6.45, 7) is 6.48. The molecule has 9 heteroatoms. The van der Waals surface area contributed by atoms with E-state index in [4.69, 9.17) is 4.74 Å². The molecule has 0 spiro atoms. The number of carbonyl (C=O) groups is 3. The summed E-state index contributed by atoms with van der Waals surface area (Å²) in [6.07, 6.45) is 0.845. The summed E-state index contributed by atoms with van der Waals surface area (Å²) in [5, 5.41) is 20.5. The van der Waals surface area contributed by atoms with Crippen molar-refractivity contribution in [3.05, 3.63) is 101 Å². The van der Waals surface area contributed by atoms with Crippen molar-refractivity contribution in [1.82, 2.24) is 20.9 Å². The third-order valence-corrected chi connectivity index (χ3v) is 8.02. The molecule has 0 aromatic heterocycles. The minimum absolute atomic E-state index is 0.190. The Kier molecular flexibility index (Phi) is 11.8. The van der Waals surface area contributed by atoms with Crippen molar-refractivity contribution in [2.75, 3.05) is 19.7 Å². The van der Waals surface area contributed by atoms with Gasteiger partial charge in [-0.3, -0.25) is 9.59 Å². The molecular weight excluding hydrogens is 556 g/mol. The van der Waals surface area contributed by atoms with Crippen molar-refractivity contribution in [1.29, 1.82) is 0 Å². The molecule has 0 saturated carbocycles. The number of carbonyl (C=O) groups excluding carboxylic acids is 3. The molecule has 1 fully saturated rings.